The third-order valence-electron chi connectivity index (χ3n) is 3.77. The molecule has 1 aromatic rings. The highest BCUT2D eigenvalue weighted by Crippen LogP contribution is 2.20. The van der Waals surface area contributed by atoms with Crippen molar-refractivity contribution in [3.05, 3.63) is 29.8 Å². The largest absolute Gasteiger partial charge is 0.394 e. The second-order valence-electron chi connectivity index (χ2n) is 5.01. The SMILES string of the molecule is CNc1ccc(C(=O)N2CCCCCC2CO)cc1. The zero-order chi connectivity index (χ0) is 13.7. The zero-order valence-electron chi connectivity index (χ0n) is 11.4. The minimum atomic E-state index is -0.0287. The highest BCUT2D eigenvalue weighted by atomic mass is 16.3. The summed E-state index contributed by atoms with van der Waals surface area (Å²) in [6.45, 7) is 0.804. The Bertz CT molecular complexity index is 417. The minimum Gasteiger partial charge on any atom is -0.394 e. The summed E-state index contributed by atoms with van der Waals surface area (Å²) in [4.78, 5) is 14.4. The van der Waals surface area contributed by atoms with Crippen LogP contribution in [0, 0.1) is 0 Å². The van der Waals surface area contributed by atoms with Crippen molar-refractivity contribution < 1.29 is 9.90 Å². The highest BCUT2D eigenvalue weighted by Gasteiger charge is 2.25. The summed E-state index contributed by atoms with van der Waals surface area (Å²) >= 11 is 0. The van der Waals surface area contributed by atoms with Gasteiger partial charge < -0.3 is 15.3 Å². The fourth-order valence-corrected chi connectivity index (χ4v) is 2.58. The number of nitrogens with zero attached hydrogens (tertiary/aromatic N) is 1. The quantitative estimate of drug-likeness (QED) is 0.877. The molecule has 19 heavy (non-hydrogen) atoms. The molecule has 0 spiro atoms. The number of benzene rings is 1. The van der Waals surface area contributed by atoms with Crippen molar-refractivity contribution in [3.8, 4) is 0 Å². The van der Waals surface area contributed by atoms with E-state index in [2.05, 4.69) is 5.32 Å². The van der Waals surface area contributed by atoms with Crippen LogP contribution in [-0.4, -0.2) is 42.2 Å². The second-order valence-corrected chi connectivity index (χ2v) is 5.01. The van der Waals surface area contributed by atoms with Gasteiger partial charge in [-0.25, -0.2) is 0 Å². The first-order valence-electron chi connectivity index (χ1n) is 6.96. The number of aliphatic hydroxyl groups excluding tert-OH is 1. The van der Waals surface area contributed by atoms with Crippen LogP contribution in [0.4, 0.5) is 5.69 Å². The molecule has 1 aromatic carbocycles. The Hall–Kier alpha value is -1.55. The van der Waals surface area contributed by atoms with Gasteiger partial charge in [-0.1, -0.05) is 12.8 Å². The topological polar surface area (TPSA) is 52.6 Å². The molecule has 1 aliphatic rings. The second kappa shape index (κ2) is 6.57. The number of rotatable bonds is 3. The molecule has 4 nitrogen and oxygen atoms in total. The van der Waals surface area contributed by atoms with E-state index in [1.165, 1.54) is 0 Å². The summed E-state index contributed by atoms with van der Waals surface area (Å²) in [5.41, 5.74) is 1.69. The van der Waals surface area contributed by atoms with Crippen LogP contribution < -0.4 is 5.32 Å². The van der Waals surface area contributed by atoms with Crippen LogP contribution in [0.15, 0.2) is 24.3 Å². The van der Waals surface area contributed by atoms with Gasteiger partial charge in [0, 0.05) is 24.8 Å². The van der Waals surface area contributed by atoms with Crippen molar-refractivity contribution >= 4 is 11.6 Å². The van der Waals surface area contributed by atoms with Crippen LogP contribution in [-0.2, 0) is 0 Å². The Kier molecular flexibility index (Phi) is 4.80. The number of aliphatic hydroxyl groups is 1. The lowest BCUT2D eigenvalue weighted by atomic mass is 10.1. The fraction of sp³-hybridized carbons (Fsp3) is 0.533. The molecular formula is C15H22N2O2. The van der Waals surface area contributed by atoms with Gasteiger partial charge in [-0.2, -0.15) is 0 Å². The normalized spacial score (nSPS) is 19.9. The van der Waals surface area contributed by atoms with Crippen LogP contribution in [0.2, 0.25) is 0 Å². The van der Waals surface area contributed by atoms with Gasteiger partial charge in [0.25, 0.3) is 5.91 Å². The molecule has 4 heteroatoms. The summed E-state index contributed by atoms with van der Waals surface area (Å²) in [6, 6.07) is 7.46. The zero-order valence-corrected chi connectivity index (χ0v) is 11.4. The maximum absolute atomic E-state index is 12.5. The molecule has 1 atom stereocenters. The van der Waals surface area contributed by atoms with Gasteiger partial charge in [-0.3, -0.25) is 4.79 Å². The van der Waals surface area contributed by atoms with E-state index in [1.54, 1.807) is 0 Å². The van der Waals surface area contributed by atoms with E-state index >= 15 is 0 Å². The standard InChI is InChI=1S/C15H22N2O2/c1-16-13-8-6-12(7-9-13)15(19)17-10-4-2-3-5-14(17)11-18/h6-9,14,16,18H,2-5,10-11H2,1H3. The van der Waals surface area contributed by atoms with Crippen molar-refractivity contribution in [2.75, 3.05) is 25.5 Å². The third kappa shape index (κ3) is 3.26. The van der Waals surface area contributed by atoms with E-state index in [0.717, 1.165) is 37.9 Å². The van der Waals surface area contributed by atoms with Gasteiger partial charge >= 0.3 is 0 Å². The number of anilines is 1. The summed E-state index contributed by atoms with van der Waals surface area (Å²) in [5, 5.41) is 12.5. The number of nitrogens with one attached hydrogen (secondary N) is 1. The van der Waals surface area contributed by atoms with Gasteiger partial charge in [0.15, 0.2) is 0 Å². The first-order chi connectivity index (χ1) is 9.26. The number of hydrogen-bond acceptors (Lipinski definition) is 3. The van der Waals surface area contributed by atoms with E-state index in [1.807, 2.05) is 36.2 Å². The number of hydrogen-bond donors (Lipinski definition) is 2. The average Bonchev–Trinajstić information content (AvgIpc) is 2.71. The van der Waals surface area contributed by atoms with E-state index in [0.29, 0.717) is 5.56 Å². The van der Waals surface area contributed by atoms with Gasteiger partial charge in [0.2, 0.25) is 0 Å². The lowest BCUT2D eigenvalue weighted by Crippen LogP contribution is -2.42. The first-order valence-corrected chi connectivity index (χ1v) is 6.96. The molecule has 1 amide bonds. The van der Waals surface area contributed by atoms with Crippen molar-refractivity contribution in [2.24, 2.45) is 0 Å². The van der Waals surface area contributed by atoms with Crippen LogP contribution in [0.1, 0.15) is 36.0 Å². The molecule has 2 N–H and O–H groups in total. The molecule has 1 unspecified atom stereocenters. The number of likely N-dealkylation sites (tertiary alicyclic amines) is 1. The van der Waals surface area contributed by atoms with Gasteiger partial charge in [0.05, 0.1) is 12.6 Å². The van der Waals surface area contributed by atoms with E-state index < -0.39 is 0 Å². The van der Waals surface area contributed by atoms with Crippen LogP contribution in [0.25, 0.3) is 0 Å². The monoisotopic (exact) mass is 262 g/mol. The van der Waals surface area contributed by atoms with Crippen molar-refractivity contribution in [1.29, 1.82) is 0 Å². The molecular weight excluding hydrogens is 240 g/mol. The Labute approximate surface area is 114 Å². The Morgan fingerprint density at radius 1 is 1.32 bits per heavy atom. The smallest absolute Gasteiger partial charge is 0.254 e. The molecule has 1 fully saturated rings. The molecule has 2 rings (SSSR count). The molecule has 1 heterocycles. The lowest BCUT2D eigenvalue weighted by molar-refractivity contribution is 0.0600. The molecule has 1 aliphatic heterocycles. The predicted octanol–water partition coefficient (Wildman–Crippen LogP) is 2.11. The van der Waals surface area contributed by atoms with Gasteiger partial charge in [-0.05, 0) is 37.1 Å². The van der Waals surface area contributed by atoms with Crippen molar-refractivity contribution in [2.45, 2.75) is 31.7 Å². The van der Waals surface area contributed by atoms with Crippen molar-refractivity contribution in [3.63, 3.8) is 0 Å². The Morgan fingerprint density at radius 3 is 2.68 bits per heavy atom. The summed E-state index contributed by atoms with van der Waals surface area (Å²) in [6.07, 6.45) is 4.15. The molecule has 1 saturated heterocycles. The number of carbonyl (C=O) groups excluding carboxylic acids is 1. The molecule has 0 aromatic heterocycles. The lowest BCUT2D eigenvalue weighted by Gasteiger charge is -2.28. The minimum absolute atomic E-state index is 0.0287. The number of carbonyl (C=O) groups is 1. The van der Waals surface area contributed by atoms with Gasteiger partial charge in [0.1, 0.15) is 0 Å². The maximum atomic E-state index is 12.5. The highest BCUT2D eigenvalue weighted by molar-refractivity contribution is 5.94. The molecule has 104 valence electrons. The molecule has 0 bridgehead atoms. The number of amides is 1. The first kappa shape index (κ1) is 13.9. The van der Waals surface area contributed by atoms with E-state index in [-0.39, 0.29) is 18.6 Å². The van der Waals surface area contributed by atoms with Gasteiger partial charge in [-0.15, -0.1) is 0 Å². The average molecular weight is 262 g/mol. The summed E-state index contributed by atoms with van der Waals surface area (Å²) in [5.74, 6) is 0.0311. The predicted molar refractivity (Wildman–Crippen MR) is 76.4 cm³/mol. The van der Waals surface area contributed by atoms with E-state index in [4.69, 9.17) is 0 Å². The van der Waals surface area contributed by atoms with E-state index in [9.17, 15) is 9.90 Å². The third-order valence-corrected chi connectivity index (χ3v) is 3.77. The Morgan fingerprint density at radius 2 is 2.05 bits per heavy atom. The summed E-state index contributed by atoms with van der Waals surface area (Å²) < 4.78 is 0. The fourth-order valence-electron chi connectivity index (χ4n) is 2.58. The van der Waals surface area contributed by atoms with Crippen LogP contribution in [0.5, 0.6) is 0 Å². The molecule has 0 aliphatic carbocycles. The van der Waals surface area contributed by atoms with Crippen LogP contribution in [0.3, 0.4) is 0 Å². The Balaban J connectivity index is 2.15. The van der Waals surface area contributed by atoms with Crippen LogP contribution >= 0.6 is 0 Å². The summed E-state index contributed by atoms with van der Waals surface area (Å²) in [7, 11) is 1.85. The molecule has 0 radical (unpaired) electrons. The van der Waals surface area contributed by atoms with Crippen molar-refractivity contribution in [1.82, 2.24) is 4.90 Å². The molecule has 0 saturated carbocycles. The maximum Gasteiger partial charge on any atom is 0.254 e.